The van der Waals surface area contributed by atoms with Crippen LogP contribution >= 0.6 is 0 Å². The Morgan fingerprint density at radius 2 is 2.06 bits per heavy atom. The predicted octanol–water partition coefficient (Wildman–Crippen LogP) is 1.80. The summed E-state index contributed by atoms with van der Waals surface area (Å²) in [5.74, 6) is -0.181. The highest BCUT2D eigenvalue weighted by molar-refractivity contribution is 5.91. The summed E-state index contributed by atoms with van der Waals surface area (Å²) in [7, 11) is 1.34. The van der Waals surface area contributed by atoms with Crippen LogP contribution in [-0.4, -0.2) is 25.0 Å². The van der Waals surface area contributed by atoms with Crippen molar-refractivity contribution in [2.45, 2.75) is 44.6 Å². The summed E-state index contributed by atoms with van der Waals surface area (Å²) in [5, 5.41) is 2.63. The summed E-state index contributed by atoms with van der Waals surface area (Å²) < 4.78 is 4.71. The monoisotopic (exact) mass is 239 g/mol. The molecule has 0 aromatic rings. The van der Waals surface area contributed by atoms with Crippen LogP contribution in [0.5, 0.6) is 0 Å². The highest BCUT2D eigenvalue weighted by Gasteiger charge is 2.25. The minimum atomic E-state index is -0.534. The second-order valence-electron chi connectivity index (χ2n) is 4.53. The number of amides is 1. The zero-order valence-corrected chi connectivity index (χ0v) is 10.4. The Kier molecular flexibility index (Phi) is 5.73. The van der Waals surface area contributed by atoms with E-state index in [0.29, 0.717) is 12.3 Å². The van der Waals surface area contributed by atoms with Crippen molar-refractivity contribution >= 4 is 11.9 Å². The molecule has 0 saturated heterocycles. The van der Waals surface area contributed by atoms with Crippen molar-refractivity contribution in [2.75, 3.05) is 7.11 Å². The van der Waals surface area contributed by atoms with Crippen LogP contribution in [0.15, 0.2) is 12.7 Å². The minimum absolute atomic E-state index is 0.323. The first-order valence-electron chi connectivity index (χ1n) is 6.18. The fourth-order valence-electron chi connectivity index (χ4n) is 2.34. The van der Waals surface area contributed by atoms with Gasteiger partial charge in [0.25, 0.3) is 0 Å². The lowest BCUT2D eigenvalue weighted by Crippen LogP contribution is -2.42. The van der Waals surface area contributed by atoms with E-state index in [0.717, 1.165) is 12.8 Å². The Balaban J connectivity index is 2.52. The molecule has 17 heavy (non-hydrogen) atoms. The quantitative estimate of drug-likeness (QED) is 0.588. The molecule has 0 aromatic carbocycles. The number of carbonyl (C=O) groups is 2. The number of rotatable bonds is 5. The number of carbonyl (C=O) groups excluding carboxylic acids is 2. The third kappa shape index (κ3) is 4.59. The summed E-state index contributed by atoms with van der Waals surface area (Å²) in [4.78, 5) is 22.8. The Morgan fingerprint density at radius 3 is 2.59 bits per heavy atom. The molecule has 1 aliphatic carbocycles. The topological polar surface area (TPSA) is 55.4 Å². The summed E-state index contributed by atoms with van der Waals surface area (Å²) in [5.41, 5.74) is 0. The Bertz CT molecular complexity index is 282. The van der Waals surface area contributed by atoms with E-state index in [9.17, 15) is 9.59 Å². The van der Waals surface area contributed by atoms with E-state index >= 15 is 0 Å². The molecular formula is C13H21NO3. The smallest absolute Gasteiger partial charge is 0.328 e. The van der Waals surface area contributed by atoms with Crippen LogP contribution in [0.4, 0.5) is 0 Å². The second kappa shape index (κ2) is 7.09. The highest BCUT2D eigenvalue weighted by atomic mass is 16.5. The van der Waals surface area contributed by atoms with Crippen molar-refractivity contribution in [2.24, 2.45) is 5.92 Å². The standard InChI is InChI=1S/C13H21NO3/c1-3-12(15)14-11(13(16)17-2)9-10-7-5-4-6-8-10/h3,10-11H,1,4-9H2,2H3,(H,14,15)/t11-/m0/s1. The molecule has 1 amide bonds. The lowest BCUT2D eigenvalue weighted by molar-refractivity contribution is -0.145. The van der Waals surface area contributed by atoms with Gasteiger partial charge in [0.2, 0.25) is 5.91 Å². The number of esters is 1. The summed E-state index contributed by atoms with van der Waals surface area (Å²) in [6, 6.07) is -0.534. The molecule has 96 valence electrons. The molecular weight excluding hydrogens is 218 g/mol. The van der Waals surface area contributed by atoms with Crippen LogP contribution in [0, 0.1) is 5.92 Å². The molecule has 0 unspecified atom stereocenters. The van der Waals surface area contributed by atoms with Gasteiger partial charge in [-0.15, -0.1) is 0 Å². The molecule has 0 heterocycles. The predicted molar refractivity (Wildman–Crippen MR) is 65.3 cm³/mol. The van der Waals surface area contributed by atoms with Gasteiger partial charge in [-0.05, 0) is 18.4 Å². The summed E-state index contributed by atoms with van der Waals surface area (Å²) in [6.45, 7) is 3.38. The summed E-state index contributed by atoms with van der Waals surface area (Å²) in [6.07, 6.45) is 7.83. The van der Waals surface area contributed by atoms with Gasteiger partial charge in [-0.3, -0.25) is 4.79 Å². The molecule has 4 nitrogen and oxygen atoms in total. The normalized spacial score (nSPS) is 18.2. The van der Waals surface area contributed by atoms with Gasteiger partial charge in [-0.25, -0.2) is 4.79 Å². The highest BCUT2D eigenvalue weighted by Crippen LogP contribution is 2.27. The first-order valence-corrected chi connectivity index (χ1v) is 6.18. The molecule has 0 bridgehead atoms. The van der Waals surface area contributed by atoms with E-state index in [1.807, 2.05) is 0 Å². The zero-order chi connectivity index (χ0) is 12.7. The zero-order valence-electron chi connectivity index (χ0n) is 10.4. The largest absolute Gasteiger partial charge is 0.467 e. The third-order valence-corrected chi connectivity index (χ3v) is 3.28. The number of ether oxygens (including phenoxy) is 1. The van der Waals surface area contributed by atoms with E-state index < -0.39 is 6.04 Å². The van der Waals surface area contributed by atoms with Gasteiger partial charge < -0.3 is 10.1 Å². The maximum absolute atomic E-state index is 11.6. The van der Waals surface area contributed by atoms with Gasteiger partial charge in [-0.2, -0.15) is 0 Å². The average Bonchev–Trinajstić information content (AvgIpc) is 2.38. The lowest BCUT2D eigenvalue weighted by atomic mass is 9.85. The van der Waals surface area contributed by atoms with Gasteiger partial charge >= 0.3 is 5.97 Å². The third-order valence-electron chi connectivity index (χ3n) is 3.28. The van der Waals surface area contributed by atoms with Crippen LogP contribution in [0.3, 0.4) is 0 Å². The minimum Gasteiger partial charge on any atom is -0.467 e. The van der Waals surface area contributed by atoms with Gasteiger partial charge in [0.1, 0.15) is 6.04 Å². The molecule has 0 aromatic heterocycles. The molecule has 0 radical (unpaired) electrons. The van der Waals surface area contributed by atoms with E-state index in [1.54, 1.807) is 0 Å². The Hall–Kier alpha value is -1.32. The van der Waals surface area contributed by atoms with Crippen molar-refractivity contribution in [3.05, 3.63) is 12.7 Å². The number of hydrogen-bond acceptors (Lipinski definition) is 3. The lowest BCUT2D eigenvalue weighted by Gasteiger charge is -2.25. The fraction of sp³-hybridized carbons (Fsp3) is 0.692. The van der Waals surface area contributed by atoms with E-state index in [4.69, 9.17) is 4.74 Å². The van der Waals surface area contributed by atoms with Crippen molar-refractivity contribution in [1.29, 1.82) is 0 Å². The molecule has 0 aliphatic heterocycles. The summed E-state index contributed by atoms with van der Waals surface area (Å²) >= 11 is 0. The molecule has 1 saturated carbocycles. The van der Waals surface area contributed by atoms with E-state index in [-0.39, 0.29) is 11.9 Å². The van der Waals surface area contributed by atoms with Crippen LogP contribution < -0.4 is 5.32 Å². The van der Waals surface area contributed by atoms with Crippen LogP contribution in [0.1, 0.15) is 38.5 Å². The Morgan fingerprint density at radius 1 is 1.41 bits per heavy atom. The maximum Gasteiger partial charge on any atom is 0.328 e. The van der Waals surface area contributed by atoms with Crippen molar-refractivity contribution in [3.63, 3.8) is 0 Å². The molecule has 1 rings (SSSR count). The van der Waals surface area contributed by atoms with Crippen molar-refractivity contribution < 1.29 is 14.3 Å². The second-order valence-corrected chi connectivity index (χ2v) is 4.53. The maximum atomic E-state index is 11.6. The van der Waals surface area contributed by atoms with E-state index in [1.165, 1.54) is 32.4 Å². The molecule has 1 aliphatic rings. The van der Waals surface area contributed by atoms with Gasteiger partial charge in [0.15, 0.2) is 0 Å². The molecule has 1 fully saturated rings. The fourth-order valence-corrected chi connectivity index (χ4v) is 2.34. The molecule has 4 heteroatoms. The molecule has 1 N–H and O–H groups in total. The van der Waals surface area contributed by atoms with Gasteiger partial charge in [-0.1, -0.05) is 38.7 Å². The van der Waals surface area contributed by atoms with E-state index in [2.05, 4.69) is 11.9 Å². The molecule has 0 spiro atoms. The number of nitrogens with one attached hydrogen (secondary N) is 1. The molecule has 1 atom stereocenters. The average molecular weight is 239 g/mol. The number of methoxy groups -OCH3 is 1. The SMILES string of the molecule is C=CC(=O)N[C@@H](CC1CCCCC1)C(=O)OC. The van der Waals surface area contributed by atoms with Gasteiger partial charge in [0.05, 0.1) is 7.11 Å². The Labute approximate surface area is 102 Å². The van der Waals surface area contributed by atoms with Gasteiger partial charge in [0, 0.05) is 0 Å². The van der Waals surface area contributed by atoms with Crippen molar-refractivity contribution in [3.8, 4) is 0 Å². The van der Waals surface area contributed by atoms with Crippen LogP contribution in [-0.2, 0) is 14.3 Å². The van der Waals surface area contributed by atoms with Crippen LogP contribution in [0.25, 0.3) is 0 Å². The van der Waals surface area contributed by atoms with Crippen molar-refractivity contribution in [1.82, 2.24) is 5.32 Å². The van der Waals surface area contributed by atoms with Crippen LogP contribution in [0.2, 0.25) is 0 Å². The first kappa shape index (κ1) is 13.7. The number of hydrogen-bond donors (Lipinski definition) is 1. The first-order chi connectivity index (χ1) is 8.17.